The van der Waals surface area contributed by atoms with E-state index in [2.05, 4.69) is 15.9 Å². The van der Waals surface area contributed by atoms with Crippen molar-refractivity contribution in [3.63, 3.8) is 0 Å². The molecular formula is C19H20BrF2N3O2S. The molecule has 0 unspecified atom stereocenters. The highest BCUT2D eigenvalue weighted by atomic mass is 79.9. The van der Waals surface area contributed by atoms with Crippen LogP contribution in [0.2, 0.25) is 0 Å². The minimum Gasteiger partial charge on any atom is -0.377 e. The third kappa shape index (κ3) is 3.13. The summed E-state index contributed by atoms with van der Waals surface area (Å²) in [7, 11) is 3.60. The minimum absolute atomic E-state index is 0.0180. The quantitative estimate of drug-likeness (QED) is 0.507. The van der Waals surface area contributed by atoms with Crippen LogP contribution in [0, 0.1) is 16.4 Å². The molecule has 0 spiro atoms. The molecule has 0 radical (unpaired) electrons. The van der Waals surface area contributed by atoms with Crippen LogP contribution in [0.1, 0.15) is 22.9 Å². The lowest BCUT2D eigenvalue weighted by molar-refractivity contribution is -0.141. The third-order valence-corrected chi connectivity index (χ3v) is 6.90. The molecule has 1 amide bonds. The highest BCUT2D eigenvalue weighted by molar-refractivity contribution is 9.10. The van der Waals surface area contributed by atoms with Crippen LogP contribution in [0.15, 0.2) is 16.6 Å². The zero-order valence-corrected chi connectivity index (χ0v) is 17.9. The fourth-order valence-corrected chi connectivity index (χ4v) is 4.59. The molecule has 1 aromatic heterocycles. The summed E-state index contributed by atoms with van der Waals surface area (Å²) in [6.45, 7) is 1.50. The summed E-state index contributed by atoms with van der Waals surface area (Å²) in [5.74, 6) is -1.51. The second kappa shape index (κ2) is 7.35. The van der Waals surface area contributed by atoms with Crippen LogP contribution in [-0.2, 0) is 36.0 Å². The molecule has 1 atom stereocenters. The molecule has 1 saturated heterocycles. The average Bonchev–Trinajstić information content (AvgIpc) is 3.12. The fraction of sp³-hybridized carbons (Fsp3) is 0.474. The number of hydrogen-bond acceptors (Lipinski definition) is 3. The highest BCUT2D eigenvalue weighted by Gasteiger charge is 2.34. The number of hydrogen-bond donors (Lipinski definition) is 0. The van der Waals surface area contributed by atoms with Gasteiger partial charge < -0.3 is 18.8 Å². The number of fused-ring (bicyclic) bond motifs is 1. The first kappa shape index (κ1) is 19.7. The number of amides is 1. The Morgan fingerprint density at radius 3 is 2.75 bits per heavy atom. The molecule has 0 aliphatic carbocycles. The molecule has 0 bridgehead atoms. The Morgan fingerprint density at radius 2 is 2.11 bits per heavy atom. The highest BCUT2D eigenvalue weighted by Crippen LogP contribution is 2.37. The number of ether oxygens (including phenoxy) is 1. The van der Waals surface area contributed by atoms with Crippen LogP contribution >= 0.6 is 28.1 Å². The molecular weight excluding hydrogens is 452 g/mol. The molecule has 2 aromatic rings. The van der Waals surface area contributed by atoms with Crippen LogP contribution < -0.4 is 0 Å². The maximum atomic E-state index is 14.6. The number of halogens is 3. The molecule has 9 heteroatoms. The van der Waals surface area contributed by atoms with Crippen molar-refractivity contribution in [3.8, 4) is 0 Å². The number of imidazole rings is 1. The van der Waals surface area contributed by atoms with E-state index < -0.39 is 11.6 Å². The van der Waals surface area contributed by atoms with Crippen molar-refractivity contribution in [3.05, 3.63) is 50.0 Å². The van der Waals surface area contributed by atoms with E-state index in [1.165, 1.54) is 12.1 Å². The van der Waals surface area contributed by atoms with Crippen molar-refractivity contribution in [2.24, 2.45) is 7.05 Å². The van der Waals surface area contributed by atoms with E-state index in [9.17, 15) is 13.6 Å². The van der Waals surface area contributed by atoms with E-state index in [1.54, 1.807) is 11.9 Å². The van der Waals surface area contributed by atoms with Gasteiger partial charge in [0.15, 0.2) is 4.77 Å². The summed E-state index contributed by atoms with van der Waals surface area (Å²) < 4.78 is 38.6. The number of nitrogens with zero attached hydrogens (tertiary/aromatic N) is 3. The Hall–Kier alpha value is -1.58. The molecule has 28 heavy (non-hydrogen) atoms. The number of benzene rings is 1. The predicted octanol–water partition coefficient (Wildman–Crippen LogP) is 3.34. The maximum Gasteiger partial charge on any atom is 0.228 e. The third-order valence-electron chi connectivity index (χ3n) is 5.79. The van der Waals surface area contributed by atoms with Gasteiger partial charge in [0.1, 0.15) is 11.6 Å². The monoisotopic (exact) mass is 471 g/mol. The topological polar surface area (TPSA) is 39.4 Å². The second-order valence-electron chi connectivity index (χ2n) is 7.38. The summed E-state index contributed by atoms with van der Waals surface area (Å²) in [6, 6.07) is 2.74. The van der Waals surface area contributed by atoms with Crippen LogP contribution in [-0.4, -0.2) is 46.2 Å². The van der Waals surface area contributed by atoms with Gasteiger partial charge in [-0.1, -0.05) is 0 Å². The zero-order valence-electron chi connectivity index (χ0n) is 15.5. The van der Waals surface area contributed by atoms with Gasteiger partial charge in [-0.15, -0.1) is 0 Å². The lowest BCUT2D eigenvalue weighted by atomic mass is 9.95. The summed E-state index contributed by atoms with van der Waals surface area (Å²) in [4.78, 5) is 14.4. The molecule has 2 aliphatic rings. The largest absolute Gasteiger partial charge is 0.377 e. The lowest BCUT2D eigenvalue weighted by Crippen LogP contribution is -2.50. The molecule has 2 aliphatic heterocycles. The number of aromatic nitrogens is 2. The maximum absolute atomic E-state index is 14.6. The normalized spacial score (nSPS) is 18.8. The smallest absolute Gasteiger partial charge is 0.228 e. The molecule has 1 aromatic carbocycles. The van der Waals surface area contributed by atoms with E-state index in [-0.39, 0.29) is 34.3 Å². The SMILES string of the molecule is CN(C(=O)Cc1c2n(c(=S)n1C)C[C@H](c1c(F)ccc(Br)c1F)C2)C1COC1. The number of likely N-dealkylation sites (N-methyl/N-ethyl adjacent to an activating group) is 1. The molecule has 0 saturated carbocycles. The van der Waals surface area contributed by atoms with Crippen LogP contribution in [0.4, 0.5) is 8.78 Å². The van der Waals surface area contributed by atoms with Crippen molar-refractivity contribution in [2.45, 2.75) is 31.3 Å². The Kier molecular flexibility index (Phi) is 5.18. The molecule has 4 rings (SSSR count). The van der Waals surface area contributed by atoms with E-state index in [4.69, 9.17) is 17.0 Å². The van der Waals surface area contributed by atoms with E-state index >= 15 is 0 Å². The Labute approximate surface area is 175 Å². The summed E-state index contributed by atoms with van der Waals surface area (Å²) >= 11 is 8.66. The standard InChI is InChI=1S/C19H20BrF2N3O2S/c1-23(11-8-27-9-11)16(26)6-14-15-5-10(7-25(15)19(28)24(14)2)17-13(21)4-3-12(20)18(17)22/h3-4,10-11H,5-9H2,1-2H3/t10-/m1/s1. The van der Waals surface area contributed by atoms with Crippen molar-refractivity contribution in [1.29, 1.82) is 0 Å². The average molecular weight is 472 g/mol. The Morgan fingerprint density at radius 1 is 1.39 bits per heavy atom. The first-order valence-corrected chi connectivity index (χ1v) is 10.2. The van der Waals surface area contributed by atoms with Gasteiger partial charge >= 0.3 is 0 Å². The van der Waals surface area contributed by atoms with Crippen LogP contribution in [0.3, 0.4) is 0 Å². The fourth-order valence-electron chi connectivity index (χ4n) is 3.95. The van der Waals surface area contributed by atoms with Crippen LogP contribution in [0.25, 0.3) is 0 Å². The van der Waals surface area contributed by atoms with Crippen molar-refractivity contribution >= 4 is 34.1 Å². The van der Waals surface area contributed by atoms with Gasteiger partial charge in [-0.05, 0) is 46.7 Å². The summed E-state index contributed by atoms with van der Waals surface area (Å²) in [5.41, 5.74) is 1.75. The van der Waals surface area contributed by atoms with Gasteiger partial charge in [0.2, 0.25) is 5.91 Å². The summed E-state index contributed by atoms with van der Waals surface area (Å²) in [5, 5.41) is 0. The minimum atomic E-state index is -0.576. The van der Waals surface area contributed by atoms with Gasteiger partial charge in [-0.3, -0.25) is 4.79 Å². The van der Waals surface area contributed by atoms with E-state index in [0.29, 0.717) is 31.0 Å². The summed E-state index contributed by atoms with van der Waals surface area (Å²) in [6.07, 6.45) is 0.638. The van der Waals surface area contributed by atoms with Crippen molar-refractivity contribution < 1.29 is 18.3 Å². The van der Waals surface area contributed by atoms with E-state index in [0.717, 1.165) is 11.4 Å². The lowest BCUT2D eigenvalue weighted by Gasteiger charge is -2.34. The zero-order chi connectivity index (χ0) is 20.2. The van der Waals surface area contributed by atoms with Gasteiger partial charge in [0, 0.05) is 43.5 Å². The molecule has 3 heterocycles. The molecule has 0 N–H and O–H groups in total. The van der Waals surface area contributed by atoms with Crippen molar-refractivity contribution in [2.75, 3.05) is 20.3 Å². The van der Waals surface area contributed by atoms with Gasteiger partial charge in [-0.2, -0.15) is 0 Å². The Bertz CT molecular complexity index is 1020. The Balaban J connectivity index is 1.63. The van der Waals surface area contributed by atoms with Gasteiger partial charge in [-0.25, -0.2) is 8.78 Å². The number of carbonyl (C=O) groups excluding carboxylic acids is 1. The second-order valence-corrected chi connectivity index (χ2v) is 8.60. The van der Waals surface area contributed by atoms with Gasteiger partial charge in [0.25, 0.3) is 0 Å². The molecule has 1 fully saturated rings. The van der Waals surface area contributed by atoms with Crippen molar-refractivity contribution in [1.82, 2.24) is 14.0 Å². The first-order valence-electron chi connectivity index (χ1n) is 9.03. The molecule has 5 nitrogen and oxygen atoms in total. The van der Waals surface area contributed by atoms with Gasteiger partial charge in [0.05, 0.1) is 30.1 Å². The number of rotatable bonds is 4. The van der Waals surface area contributed by atoms with E-state index in [1.807, 2.05) is 16.2 Å². The van der Waals surface area contributed by atoms with Crippen LogP contribution in [0.5, 0.6) is 0 Å². The first-order chi connectivity index (χ1) is 13.3. The predicted molar refractivity (Wildman–Crippen MR) is 106 cm³/mol. The molecule has 150 valence electrons. The number of carbonyl (C=O) groups is 1.